The lowest BCUT2D eigenvalue weighted by atomic mass is 10.00. The molecule has 2 unspecified atom stereocenters. The van der Waals surface area contributed by atoms with Gasteiger partial charge >= 0.3 is 0 Å². The Bertz CT molecular complexity index is 1100. The lowest BCUT2D eigenvalue weighted by molar-refractivity contribution is 0.233. The smallest absolute Gasteiger partial charge is 0.120 e. The zero-order valence-corrected chi connectivity index (χ0v) is 23.2. The van der Waals surface area contributed by atoms with E-state index >= 15 is 0 Å². The van der Waals surface area contributed by atoms with E-state index in [1.165, 1.54) is 23.5 Å². The number of nitrogens with zero attached hydrogens (tertiary/aromatic N) is 1. The van der Waals surface area contributed by atoms with Crippen molar-refractivity contribution >= 4 is 15.7 Å². The normalized spacial score (nSPS) is 16.6. The summed E-state index contributed by atoms with van der Waals surface area (Å²) in [5, 5.41) is 4.58. The van der Waals surface area contributed by atoms with Crippen molar-refractivity contribution in [1.82, 2.24) is 4.98 Å². The van der Waals surface area contributed by atoms with E-state index in [9.17, 15) is 0 Å². The molecule has 1 aliphatic carbocycles. The van der Waals surface area contributed by atoms with Crippen LogP contribution in [0.1, 0.15) is 46.0 Å². The second-order valence-corrected chi connectivity index (χ2v) is 14.0. The Kier molecular flexibility index (Phi) is 9.19. The first-order chi connectivity index (χ1) is 17.6. The van der Waals surface area contributed by atoms with E-state index < -0.39 is 10.0 Å². The van der Waals surface area contributed by atoms with Gasteiger partial charge in [-0.2, -0.15) is 0 Å². The molecule has 4 nitrogen and oxygen atoms in total. The summed E-state index contributed by atoms with van der Waals surface area (Å²) < 4.78 is 11.9. The fraction of sp³-hybridized carbons (Fsp3) is 0.452. The Morgan fingerprint density at radius 3 is 2.58 bits per heavy atom. The van der Waals surface area contributed by atoms with Crippen LogP contribution in [0.4, 0.5) is 5.69 Å². The summed E-state index contributed by atoms with van der Waals surface area (Å²) in [4.78, 5) is 5.81. The third kappa shape index (κ3) is 6.56. The molecule has 0 saturated heterocycles. The van der Waals surface area contributed by atoms with Gasteiger partial charge in [0.2, 0.25) is 0 Å². The fourth-order valence-electron chi connectivity index (χ4n) is 4.95. The van der Waals surface area contributed by atoms with Gasteiger partial charge in [0.1, 0.15) is 11.5 Å². The van der Waals surface area contributed by atoms with Crippen LogP contribution in [-0.4, -0.2) is 42.5 Å². The van der Waals surface area contributed by atoms with E-state index in [2.05, 4.69) is 72.9 Å². The number of methoxy groups -OCH3 is 1. The first-order valence-electron chi connectivity index (χ1n) is 13.4. The van der Waals surface area contributed by atoms with Gasteiger partial charge in [0.05, 0.1) is 13.7 Å². The highest BCUT2D eigenvalue weighted by molar-refractivity contribution is 8.33. The molecule has 0 aliphatic heterocycles. The highest BCUT2D eigenvalue weighted by atomic mass is 32.3. The molecule has 1 aliphatic rings. The summed E-state index contributed by atoms with van der Waals surface area (Å²) in [6.07, 6.45) is 12.4. The average Bonchev–Trinajstić information content (AvgIpc) is 3.78. The second kappa shape index (κ2) is 12.5. The summed E-state index contributed by atoms with van der Waals surface area (Å²) in [7, 11) is 0.995. The SMILES string of the molecule is CCCC(CCNc1cc(OC)ccc1-c1cccnc1)COc1cccc(S(C)(CC)C2CC2)c1. The number of hydrogen-bond acceptors (Lipinski definition) is 4. The molecule has 5 heteroatoms. The van der Waals surface area contributed by atoms with Gasteiger partial charge in [-0.1, -0.05) is 32.4 Å². The number of anilines is 1. The number of rotatable bonds is 14. The lowest BCUT2D eigenvalue weighted by Gasteiger charge is -2.36. The monoisotopic (exact) mass is 506 g/mol. The van der Waals surface area contributed by atoms with Gasteiger partial charge in [0.15, 0.2) is 0 Å². The van der Waals surface area contributed by atoms with Crippen molar-refractivity contribution in [1.29, 1.82) is 0 Å². The average molecular weight is 507 g/mol. The zero-order chi connectivity index (χ0) is 25.4. The van der Waals surface area contributed by atoms with Crippen LogP contribution < -0.4 is 14.8 Å². The third-order valence-electron chi connectivity index (χ3n) is 7.45. The number of ether oxygens (including phenoxy) is 2. The molecule has 0 amide bonds. The van der Waals surface area contributed by atoms with E-state index in [1.807, 2.05) is 18.3 Å². The Morgan fingerprint density at radius 1 is 1.03 bits per heavy atom. The molecule has 2 aromatic carbocycles. The Labute approximate surface area is 219 Å². The summed E-state index contributed by atoms with van der Waals surface area (Å²) in [6, 6.07) is 19.2. The van der Waals surface area contributed by atoms with Gasteiger partial charge in [0, 0.05) is 41.8 Å². The van der Waals surface area contributed by atoms with E-state index in [4.69, 9.17) is 9.47 Å². The first kappa shape index (κ1) is 26.4. The maximum absolute atomic E-state index is 6.39. The van der Waals surface area contributed by atoms with Gasteiger partial charge in [0.25, 0.3) is 0 Å². The van der Waals surface area contributed by atoms with Crippen LogP contribution in [0.25, 0.3) is 11.1 Å². The fourth-order valence-corrected chi connectivity index (χ4v) is 8.09. The van der Waals surface area contributed by atoms with Gasteiger partial charge in [-0.3, -0.25) is 4.98 Å². The minimum atomic E-state index is -0.715. The van der Waals surface area contributed by atoms with E-state index in [0.29, 0.717) is 5.92 Å². The molecule has 1 saturated carbocycles. The molecular weight excluding hydrogens is 464 g/mol. The largest absolute Gasteiger partial charge is 0.497 e. The molecule has 0 radical (unpaired) electrons. The summed E-state index contributed by atoms with van der Waals surface area (Å²) in [6.45, 7) is 6.26. The summed E-state index contributed by atoms with van der Waals surface area (Å²) in [5.41, 5.74) is 3.32. The Morgan fingerprint density at radius 2 is 1.89 bits per heavy atom. The first-order valence-corrected chi connectivity index (χ1v) is 15.6. The molecule has 36 heavy (non-hydrogen) atoms. The topological polar surface area (TPSA) is 43.4 Å². The Balaban J connectivity index is 1.38. The maximum atomic E-state index is 6.39. The van der Waals surface area contributed by atoms with Crippen molar-refractivity contribution in [2.75, 3.05) is 37.6 Å². The number of hydrogen-bond donors (Lipinski definition) is 1. The Hall–Kier alpha value is -2.66. The van der Waals surface area contributed by atoms with Crippen molar-refractivity contribution < 1.29 is 9.47 Å². The molecule has 1 heterocycles. The van der Waals surface area contributed by atoms with Crippen molar-refractivity contribution in [2.24, 2.45) is 5.92 Å². The maximum Gasteiger partial charge on any atom is 0.120 e. The van der Waals surface area contributed by atoms with Gasteiger partial charge in [-0.25, -0.2) is 10.0 Å². The van der Waals surface area contributed by atoms with Crippen molar-refractivity contribution in [3.05, 3.63) is 67.0 Å². The van der Waals surface area contributed by atoms with Crippen molar-refractivity contribution in [3.8, 4) is 22.6 Å². The molecule has 1 fully saturated rings. The standard InChI is InChI=1S/C31H42N2O2S/c1-5-9-24(23-35-27-11-7-12-29(20-27)36(4,6-2)28-14-15-28)17-19-33-31-21-26(34-3)13-16-30(31)25-10-8-18-32-22-25/h7-8,10-13,16,18,20-22,24,28,33H,5-6,9,14-15,17,19,23H2,1-4H3. The van der Waals surface area contributed by atoms with Crippen molar-refractivity contribution in [2.45, 2.75) is 56.1 Å². The van der Waals surface area contributed by atoms with E-state index in [-0.39, 0.29) is 0 Å². The predicted octanol–water partition coefficient (Wildman–Crippen LogP) is 8.03. The van der Waals surface area contributed by atoms with Crippen LogP contribution in [0.3, 0.4) is 0 Å². The van der Waals surface area contributed by atoms with Crippen LogP contribution in [0.15, 0.2) is 71.9 Å². The number of pyridine rings is 1. The van der Waals surface area contributed by atoms with Crippen LogP contribution >= 0.6 is 10.0 Å². The highest BCUT2D eigenvalue weighted by Gasteiger charge is 2.37. The van der Waals surface area contributed by atoms with Crippen LogP contribution in [0, 0.1) is 5.92 Å². The second-order valence-electron chi connectivity index (χ2n) is 9.95. The molecule has 4 rings (SSSR count). The molecule has 2 atom stereocenters. The summed E-state index contributed by atoms with van der Waals surface area (Å²) in [5.74, 6) is 3.65. The molecule has 1 N–H and O–H groups in total. The quantitative estimate of drug-likeness (QED) is 0.240. The van der Waals surface area contributed by atoms with Crippen LogP contribution in [0.2, 0.25) is 0 Å². The molecule has 0 spiro atoms. The van der Waals surface area contributed by atoms with Gasteiger partial charge in [-0.05, 0) is 90.2 Å². The van der Waals surface area contributed by atoms with Crippen LogP contribution in [-0.2, 0) is 0 Å². The van der Waals surface area contributed by atoms with E-state index in [0.717, 1.165) is 66.0 Å². The molecule has 1 aromatic heterocycles. The molecular formula is C31H42N2O2S. The molecule has 0 bridgehead atoms. The van der Waals surface area contributed by atoms with Crippen molar-refractivity contribution in [3.63, 3.8) is 0 Å². The van der Waals surface area contributed by atoms with Gasteiger partial charge in [-0.15, -0.1) is 0 Å². The van der Waals surface area contributed by atoms with Crippen LogP contribution in [0.5, 0.6) is 11.5 Å². The molecule has 194 valence electrons. The minimum Gasteiger partial charge on any atom is -0.497 e. The minimum absolute atomic E-state index is 0.506. The predicted molar refractivity (Wildman–Crippen MR) is 155 cm³/mol. The lowest BCUT2D eigenvalue weighted by Crippen LogP contribution is -2.17. The zero-order valence-electron chi connectivity index (χ0n) is 22.3. The number of benzene rings is 2. The van der Waals surface area contributed by atoms with Gasteiger partial charge < -0.3 is 14.8 Å². The van der Waals surface area contributed by atoms with E-state index in [1.54, 1.807) is 13.3 Å². The highest BCUT2D eigenvalue weighted by Crippen LogP contribution is 2.64. The third-order valence-corrected chi connectivity index (χ3v) is 11.9. The summed E-state index contributed by atoms with van der Waals surface area (Å²) >= 11 is 0. The number of aromatic nitrogens is 1. The number of nitrogens with one attached hydrogen (secondary N) is 1. The molecule has 3 aromatic rings.